The summed E-state index contributed by atoms with van der Waals surface area (Å²) in [5.41, 5.74) is 2.02. The first-order valence-electron chi connectivity index (χ1n) is 6.24. The highest BCUT2D eigenvalue weighted by atomic mass is 16.5. The van der Waals surface area contributed by atoms with Gasteiger partial charge in [-0.3, -0.25) is 4.57 Å². The second-order valence-corrected chi connectivity index (χ2v) is 4.67. The lowest BCUT2D eigenvalue weighted by Gasteiger charge is -2.12. The molecular formula is C14H17N3O. The molecule has 0 amide bonds. The summed E-state index contributed by atoms with van der Waals surface area (Å²) in [5.74, 6) is 1.76. The Labute approximate surface area is 107 Å². The number of hydrogen-bond donors (Lipinski definition) is 1. The predicted octanol–water partition coefficient (Wildman–Crippen LogP) is 2.76. The normalized spacial score (nSPS) is 14.6. The Kier molecular flexibility index (Phi) is 2.70. The summed E-state index contributed by atoms with van der Waals surface area (Å²) in [6.07, 6.45) is 4.50. The molecule has 0 aliphatic heterocycles. The van der Waals surface area contributed by atoms with Crippen LogP contribution in [0.1, 0.15) is 18.5 Å². The number of hydrogen-bond acceptors (Lipinski definition) is 3. The summed E-state index contributed by atoms with van der Waals surface area (Å²) < 4.78 is 7.47. The highest BCUT2D eigenvalue weighted by Crippen LogP contribution is 2.29. The van der Waals surface area contributed by atoms with Crippen molar-refractivity contribution in [3.63, 3.8) is 0 Å². The molecule has 1 fully saturated rings. The molecule has 0 bridgehead atoms. The first-order valence-corrected chi connectivity index (χ1v) is 6.24. The van der Waals surface area contributed by atoms with Gasteiger partial charge in [0.25, 0.3) is 0 Å². The van der Waals surface area contributed by atoms with Crippen LogP contribution in [-0.2, 0) is 0 Å². The van der Waals surface area contributed by atoms with Crippen LogP contribution in [0, 0.1) is 6.92 Å². The van der Waals surface area contributed by atoms with E-state index in [1.165, 1.54) is 12.8 Å². The smallest absolute Gasteiger partial charge is 0.208 e. The molecule has 1 aromatic carbocycles. The monoisotopic (exact) mass is 243 g/mol. The fourth-order valence-corrected chi connectivity index (χ4v) is 2.02. The third-order valence-electron chi connectivity index (χ3n) is 3.08. The third kappa shape index (κ3) is 2.06. The SMILES string of the molecule is COc1ccccc1-n1cc(C)nc1NC1CC1. The van der Waals surface area contributed by atoms with Crippen LogP contribution in [0.3, 0.4) is 0 Å². The molecule has 0 saturated heterocycles. The summed E-state index contributed by atoms with van der Waals surface area (Å²) in [6, 6.07) is 8.57. The Morgan fingerprint density at radius 3 is 2.83 bits per heavy atom. The van der Waals surface area contributed by atoms with Crippen LogP contribution in [0.2, 0.25) is 0 Å². The molecule has 1 saturated carbocycles. The molecule has 2 aromatic rings. The molecule has 1 aliphatic rings. The highest BCUT2D eigenvalue weighted by molar-refractivity contribution is 5.52. The second kappa shape index (κ2) is 4.37. The molecule has 0 radical (unpaired) electrons. The van der Waals surface area contributed by atoms with Crippen molar-refractivity contribution in [3.8, 4) is 11.4 Å². The molecule has 4 heteroatoms. The van der Waals surface area contributed by atoms with Crippen LogP contribution >= 0.6 is 0 Å². The Bertz CT molecular complexity index is 558. The first-order chi connectivity index (χ1) is 8.78. The zero-order chi connectivity index (χ0) is 12.5. The Balaban J connectivity index is 2.03. The average molecular weight is 243 g/mol. The van der Waals surface area contributed by atoms with Crippen molar-refractivity contribution in [1.82, 2.24) is 9.55 Å². The van der Waals surface area contributed by atoms with Gasteiger partial charge in [-0.05, 0) is 31.9 Å². The topological polar surface area (TPSA) is 39.1 Å². The second-order valence-electron chi connectivity index (χ2n) is 4.67. The number of methoxy groups -OCH3 is 1. The standard InChI is InChI=1S/C14H17N3O/c1-10-9-17(14(15-10)16-11-7-8-11)12-5-3-4-6-13(12)18-2/h3-6,9,11H,7-8H2,1-2H3,(H,15,16). The molecule has 1 aromatic heterocycles. The predicted molar refractivity (Wildman–Crippen MR) is 71.5 cm³/mol. The number of rotatable bonds is 4. The van der Waals surface area contributed by atoms with Crippen molar-refractivity contribution in [2.45, 2.75) is 25.8 Å². The number of benzene rings is 1. The molecule has 18 heavy (non-hydrogen) atoms. The molecule has 0 atom stereocenters. The number of imidazole rings is 1. The molecular weight excluding hydrogens is 226 g/mol. The number of nitrogens with one attached hydrogen (secondary N) is 1. The van der Waals surface area contributed by atoms with E-state index in [0.29, 0.717) is 6.04 Å². The molecule has 94 valence electrons. The Hall–Kier alpha value is -1.97. The van der Waals surface area contributed by atoms with Gasteiger partial charge in [0.05, 0.1) is 18.5 Å². The van der Waals surface area contributed by atoms with Crippen LogP contribution in [0.5, 0.6) is 5.75 Å². The minimum atomic E-state index is 0.584. The van der Waals surface area contributed by atoms with E-state index in [-0.39, 0.29) is 0 Å². The Morgan fingerprint density at radius 2 is 2.11 bits per heavy atom. The average Bonchev–Trinajstić information content (AvgIpc) is 3.12. The number of anilines is 1. The van der Waals surface area contributed by atoms with Gasteiger partial charge >= 0.3 is 0 Å². The van der Waals surface area contributed by atoms with E-state index in [1.807, 2.05) is 37.4 Å². The third-order valence-corrected chi connectivity index (χ3v) is 3.08. The molecule has 4 nitrogen and oxygen atoms in total. The maximum absolute atomic E-state index is 5.41. The lowest BCUT2D eigenvalue weighted by Crippen LogP contribution is -2.08. The summed E-state index contributed by atoms with van der Waals surface area (Å²) in [4.78, 5) is 4.54. The molecule has 1 heterocycles. The molecule has 1 aliphatic carbocycles. The van der Waals surface area contributed by atoms with E-state index in [4.69, 9.17) is 4.74 Å². The van der Waals surface area contributed by atoms with E-state index in [1.54, 1.807) is 7.11 Å². The molecule has 1 N–H and O–H groups in total. The van der Waals surface area contributed by atoms with Crippen molar-refractivity contribution in [2.75, 3.05) is 12.4 Å². The van der Waals surface area contributed by atoms with Gasteiger partial charge in [-0.1, -0.05) is 12.1 Å². The maximum Gasteiger partial charge on any atom is 0.208 e. The maximum atomic E-state index is 5.41. The fraction of sp³-hybridized carbons (Fsp3) is 0.357. The van der Waals surface area contributed by atoms with Gasteiger partial charge in [0.15, 0.2) is 0 Å². The first kappa shape index (κ1) is 11.1. The Morgan fingerprint density at radius 1 is 1.33 bits per heavy atom. The van der Waals surface area contributed by atoms with Crippen LogP contribution in [-0.4, -0.2) is 22.7 Å². The van der Waals surface area contributed by atoms with Gasteiger partial charge in [-0.25, -0.2) is 4.98 Å². The van der Waals surface area contributed by atoms with Gasteiger partial charge < -0.3 is 10.1 Å². The van der Waals surface area contributed by atoms with Gasteiger partial charge in [-0.2, -0.15) is 0 Å². The van der Waals surface area contributed by atoms with Gasteiger partial charge in [0, 0.05) is 12.2 Å². The zero-order valence-electron chi connectivity index (χ0n) is 10.7. The minimum Gasteiger partial charge on any atom is -0.495 e. The van der Waals surface area contributed by atoms with E-state index < -0.39 is 0 Å². The summed E-state index contributed by atoms with van der Waals surface area (Å²) in [6.45, 7) is 2.00. The number of aromatic nitrogens is 2. The molecule has 3 rings (SSSR count). The summed E-state index contributed by atoms with van der Waals surface area (Å²) in [7, 11) is 1.69. The van der Waals surface area contributed by atoms with Gasteiger partial charge in [0.2, 0.25) is 5.95 Å². The number of nitrogens with zero attached hydrogens (tertiary/aromatic N) is 2. The number of ether oxygens (including phenoxy) is 1. The van der Waals surface area contributed by atoms with E-state index >= 15 is 0 Å². The largest absolute Gasteiger partial charge is 0.495 e. The summed E-state index contributed by atoms with van der Waals surface area (Å²) >= 11 is 0. The quantitative estimate of drug-likeness (QED) is 0.897. The lowest BCUT2D eigenvalue weighted by molar-refractivity contribution is 0.413. The van der Waals surface area contributed by atoms with Crippen molar-refractivity contribution in [1.29, 1.82) is 0 Å². The molecule has 0 spiro atoms. The fourth-order valence-electron chi connectivity index (χ4n) is 2.02. The van der Waals surface area contributed by atoms with Gasteiger partial charge in [0.1, 0.15) is 5.75 Å². The van der Waals surface area contributed by atoms with Gasteiger partial charge in [-0.15, -0.1) is 0 Å². The van der Waals surface area contributed by atoms with E-state index in [9.17, 15) is 0 Å². The van der Waals surface area contributed by atoms with E-state index in [2.05, 4.69) is 14.9 Å². The number of para-hydroxylation sites is 2. The van der Waals surface area contributed by atoms with E-state index in [0.717, 1.165) is 23.1 Å². The minimum absolute atomic E-state index is 0.584. The van der Waals surface area contributed by atoms with Crippen molar-refractivity contribution < 1.29 is 4.74 Å². The van der Waals surface area contributed by atoms with Crippen molar-refractivity contribution in [2.24, 2.45) is 0 Å². The lowest BCUT2D eigenvalue weighted by atomic mass is 10.3. The summed E-state index contributed by atoms with van der Waals surface area (Å²) in [5, 5.41) is 3.45. The van der Waals surface area contributed by atoms with Crippen molar-refractivity contribution >= 4 is 5.95 Å². The zero-order valence-corrected chi connectivity index (χ0v) is 10.7. The van der Waals surface area contributed by atoms with Crippen LogP contribution in [0.25, 0.3) is 5.69 Å². The van der Waals surface area contributed by atoms with Crippen molar-refractivity contribution in [3.05, 3.63) is 36.2 Å². The number of aryl methyl sites for hydroxylation is 1. The van der Waals surface area contributed by atoms with Crippen LogP contribution in [0.15, 0.2) is 30.5 Å². The van der Waals surface area contributed by atoms with Crippen LogP contribution < -0.4 is 10.1 Å². The molecule has 0 unspecified atom stereocenters. The van der Waals surface area contributed by atoms with Crippen LogP contribution in [0.4, 0.5) is 5.95 Å². The highest BCUT2D eigenvalue weighted by Gasteiger charge is 2.23.